The van der Waals surface area contributed by atoms with Crippen LogP contribution in [0.5, 0.6) is 5.75 Å². The number of rotatable bonds is 4. The van der Waals surface area contributed by atoms with Gasteiger partial charge in [0.05, 0.1) is 18.4 Å². The van der Waals surface area contributed by atoms with Crippen molar-refractivity contribution in [3.8, 4) is 5.75 Å². The quantitative estimate of drug-likeness (QED) is 0.756. The number of nitrogens with zero attached hydrogens (tertiary/aromatic N) is 2. The van der Waals surface area contributed by atoms with Gasteiger partial charge in [0, 0.05) is 18.1 Å². The van der Waals surface area contributed by atoms with Crippen LogP contribution in [-0.2, 0) is 9.59 Å². The Labute approximate surface area is 162 Å². The van der Waals surface area contributed by atoms with E-state index in [0.717, 1.165) is 31.5 Å². The number of ether oxygens (including phenoxy) is 1. The summed E-state index contributed by atoms with van der Waals surface area (Å²) in [6.45, 7) is 1.54. The van der Waals surface area contributed by atoms with E-state index < -0.39 is 0 Å². The summed E-state index contributed by atoms with van der Waals surface area (Å²) in [6.07, 6.45) is 2.01. The number of benzene rings is 2. The van der Waals surface area contributed by atoms with Crippen molar-refractivity contribution in [2.24, 2.45) is 0 Å². The van der Waals surface area contributed by atoms with Crippen molar-refractivity contribution in [1.29, 1.82) is 0 Å². The SMILES string of the molecule is COc1ccc(Cl)cc1N1C(=O)C(c2ccccc2)=C(N2CCCC2)C1=O. The maximum atomic E-state index is 13.4. The van der Waals surface area contributed by atoms with Gasteiger partial charge in [0.2, 0.25) is 0 Å². The molecule has 0 unspecified atom stereocenters. The van der Waals surface area contributed by atoms with Crippen molar-refractivity contribution in [3.05, 3.63) is 64.8 Å². The average Bonchev–Trinajstić information content (AvgIpc) is 3.28. The Bertz CT molecular complexity index is 934. The lowest BCUT2D eigenvalue weighted by atomic mass is 10.0. The molecule has 6 heteroatoms. The molecule has 0 aliphatic carbocycles. The van der Waals surface area contributed by atoms with Crippen LogP contribution < -0.4 is 9.64 Å². The van der Waals surface area contributed by atoms with Crippen LogP contribution in [0.2, 0.25) is 5.02 Å². The summed E-state index contributed by atoms with van der Waals surface area (Å²) in [5.74, 6) is -0.258. The molecule has 2 aromatic carbocycles. The van der Waals surface area contributed by atoms with Crippen molar-refractivity contribution >= 4 is 34.7 Å². The Hall–Kier alpha value is -2.79. The zero-order chi connectivity index (χ0) is 19.0. The number of amides is 2. The average molecular weight is 383 g/mol. The van der Waals surface area contributed by atoms with Crippen LogP contribution in [0, 0.1) is 0 Å². The standard InChI is InChI=1S/C21H19ClN2O3/c1-27-17-10-9-15(22)13-16(17)24-20(25)18(14-7-3-2-4-8-14)19(21(24)26)23-11-5-6-12-23/h2-4,7-10,13H,5-6,11-12H2,1H3. The second-order valence-corrected chi connectivity index (χ2v) is 6.98. The number of hydrogen-bond acceptors (Lipinski definition) is 4. The molecular formula is C21H19ClN2O3. The Balaban J connectivity index is 1.87. The van der Waals surface area contributed by atoms with E-state index in [2.05, 4.69) is 0 Å². The van der Waals surface area contributed by atoms with Crippen molar-refractivity contribution in [1.82, 2.24) is 4.90 Å². The number of anilines is 1. The van der Waals surface area contributed by atoms with Crippen molar-refractivity contribution in [2.75, 3.05) is 25.1 Å². The summed E-state index contributed by atoms with van der Waals surface area (Å²) in [5.41, 5.74) is 2.00. The highest BCUT2D eigenvalue weighted by molar-refractivity contribution is 6.46. The minimum atomic E-state index is -0.353. The molecule has 2 amide bonds. The van der Waals surface area contributed by atoms with Crippen LogP contribution in [0.3, 0.4) is 0 Å². The fraction of sp³-hybridized carbons (Fsp3) is 0.238. The summed E-state index contributed by atoms with van der Waals surface area (Å²) in [6, 6.07) is 14.2. The first-order chi connectivity index (χ1) is 13.1. The maximum absolute atomic E-state index is 13.4. The lowest BCUT2D eigenvalue weighted by molar-refractivity contribution is -0.120. The summed E-state index contributed by atoms with van der Waals surface area (Å²) < 4.78 is 5.37. The third kappa shape index (κ3) is 2.98. The maximum Gasteiger partial charge on any atom is 0.282 e. The van der Waals surface area contributed by atoms with Gasteiger partial charge in [-0.2, -0.15) is 0 Å². The normalized spacial score (nSPS) is 17.3. The topological polar surface area (TPSA) is 49.9 Å². The first kappa shape index (κ1) is 17.6. The third-order valence-electron chi connectivity index (χ3n) is 4.93. The molecule has 4 rings (SSSR count). The van der Waals surface area contributed by atoms with Gasteiger partial charge in [0.15, 0.2) is 0 Å². The molecule has 2 heterocycles. The smallest absolute Gasteiger partial charge is 0.282 e. The number of methoxy groups -OCH3 is 1. The van der Waals surface area contributed by atoms with E-state index in [9.17, 15) is 9.59 Å². The van der Waals surface area contributed by atoms with Gasteiger partial charge in [-0.25, -0.2) is 4.90 Å². The van der Waals surface area contributed by atoms with Crippen molar-refractivity contribution in [3.63, 3.8) is 0 Å². The lowest BCUT2D eigenvalue weighted by Gasteiger charge is -2.21. The molecule has 2 aliphatic rings. The molecule has 2 aliphatic heterocycles. The Morgan fingerprint density at radius 2 is 1.67 bits per heavy atom. The van der Waals surface area contributed by atoms with E-state index in [-0.39, 0.29) is 11.8 Å². The van der Waals surface area contributed by atoms with E-state index in [1.807, 2.05) is 35.2 Å². The lowest BCUT2D eigenvalue weighted by Crippen LogP contribution is -2.34. The molecule has 5 nitrogen and oxygen atoms in total. The van der Waals surface area contributed by atoms with Gasteiger partial charge in [-0.1, -0.05) is 41.9 Å². The van der Waals surface area contributed by atoms with E-state index in [0.29, 0.717) is 27.7 Å². The number of carbonyl (C=O) groups is 2. The highest BCUT2D eigenvalue weighted by atomic mass is 35.5. The van der Waals surface area contributed by atoms with Crippen LogP contribution in [-0.4, -0.2) is 36.9 Å². The summed E-state index contributed by atoms with van der Waals surface area (Å²) in [5, 5.41) is 0.433. The zero-order valence-corrected chi connectivity index (χ0v) is 15.7. The highest BCUT2D eigenvalue weighted by Crippen LogP contribution is 2.40. The number of hydrogen-bond donors (Lipinski definition) is 0. The van der Waals surface area contributed by atoms with E-state index in [1.54, 1.807) is 18.2 Å². The van der Waals surface area contributed by atoms with Crippen LogP contribution >= 0.6 is 11.6 Å². The first-order valence-electron chi connectivity index (χ1n) is 8.89. The molecule has 1 fully saturated rings. The number of likely N-dealkylation sites (tertiary alicyclic amines) is 1. The van der Waals surface area contributed by atoms with Crippen molar-refractivity contribution in [2.45, 2.75) is 12.8 Å². The van der Waals surface area contributed by atoms with Gasteiger partial charge < -0.3 is 9.64 Å². The summed E-state index contributed by atoms with van der Waals surface area (Å²) >= 11 is 6.14. The van der Waals surface area contributed by atoms with Gasteiger partial charge in [0.25, 0.3) is 11.8 Å². The van der Waals surface area contributed by atoms with Gasteiger partial charge in [-0.3, -0.25) is 9.59 Å². The summed E-state index contributed by atoms with van der Waals surface area (Å²) in [7, 11) is 1.50. The fourth-order valence-corrected chi connectivity index (χ4v) is 3.84. The van der Waals surface area contributed by atoms with E-state index in [4.69, 9.17) is 16.3 Å². The molecule has 27 heavy (non-hydrogen) atoms. The molecule has 0 radical (unpaired) electrons. The molecule has 0 bridgehead atoms. The van der Waals surface area contributed by atoms with Crippen LogP contribution in [0.15, 0.2) is 54.2 Å². The number of carbonyl (C=O) groups excluding carboxylic acids is 2. The molecule has 0 aromatic heterocycles. The second kappa shape index (κ2) is 7.08. The molecule has 0 saturated carbocycles. The molecule has 0 atom stereocenters. The predicted molar refractivity (Wildman–Crippen MR) is 105 cm³/mol. The van der Waals surface area contributed by atoms with Gasteiger partial charge in [-0.15, -0.1) is 0 Å². The molecule has 2 aromatic rings. The van der Waals surface area contributed by atoms with E-state index >= 15 is 0 Å². The Kier molecular flexibility index (Phi) is 4.62. The Morgan fingerprint density at radius 1 is 0.963 bits per heavy atom. The fourth-order valence-electron chi connectivity index (χ4n) is 3.67. The Morgan fingerprint density at radius 3 is 2.33 bits per heavy atom. The molecule has 1 saturated heterocycles. The number of imide groups is 1. The molecule has 138 valence electrons. The summed E-state index contributed by atoms with van der Waals surface area (Å²) in [4.78, 5) is 30.0. The predicted octanol–water partition coefficient (Wildman–Crippen LogP) is 3.73. The van der Waals surface area contributed by atoms with E-state index in [1.165, 1.54) is 12.0 Å². The third-order valence-corrected chi connectivity index (χ3v) is 5.16. The van der Waals surface area contributed by atoms with Crippen LogP contribution in [0.4, 0.5) is 5.69 Å². The zero-order valence-electron chi connectivity index (χ0n) is 14.9. The minimum Gasteiger partial charge on any atom is -0.495 e. The van der Waals surface area contributed by atoms with Crippen LogP contribution in [0.25, 0.3) is 5.57 Å². The van der Waals surface area contributed by atoms with Crippen LogP contribution in [0.1, 0.15) is 18.4 Å². The first-order valence-corrected chi connectivity index (χ1v) is 9.26. The highest BCUT2D eigenvalue weighted by Gasteiger charge is 2.43. The molecule has 0 spiro atoms. The molecular weight excluding hydrogens is 364 g/mol. The van der Waals surface area contributed by atoms with Gasteiger partial charge in [0.1, 0.15) is 11.4 Å². The van der Waals surface area contributed by atoms with Gasteiger partial charge >= 0.3 is 0 Å². The minimum absolute atomic E-state index is 0.332. The second-order valence-electron chi connectivity index (χ2n) is 6.55. The largest absolute Gasteiger partial charge is 0.495 e. The van der Waals surface area contributed by atoms with Gasteiger partial charge in [-0.05, 0) is 36.6 Å². The number of halogens is 1. The van der Waals surface area contributed by atoms with Crippen molar-refractivity contribution < 1.29 is 14.3 Å². The molecule has 0 N–H and O–H groups in total. The monoisotopic (exact) mass is 382 g/mol.